The minimum Gasteiger partial charge on any atom is -0.389 e. The number of nitrogens with two attached hydrogens (primary N) is 1. The minimum absolute atomic E-state index is 0.247. The van der Waals surface area contributed by atoms with Crippen LogP contribution in [-0.4, -0.2) is 18.7 Å². The maximum atomic E-state index is 11.6. The predicted molar refractivity (Wildman–Crippen MR) is 73.2 cm³/mol. The van der Waals surface area contributed by atoms with E-state index in [1.54, 1.807) is 32.0 Å². The maximum absolute atomic E-state index is 11.6. The molecule has 6 heteroatoms. The molecule has 0 aromatic heterocycles. The van der Waals surface area contributed by atoms with Crippen molar-refractivity contribution in [2.45, 2.75) is 25.6 Å². The molecule has 0 aliphatic rings. The largest absolute Gasteiger partial charge is 0.389 e. The molecule has 0 spiro atoms. The number of benzene rings is 1. The third-order valence-electron chi connectivity index (χ3n) is 2.31. The van der Waals surface area contributed by atoms with Gasteiger partial charge in [-0.15, -0.1) is 0 Å². The lowest BCUT2D eigenvalue weighted by Gasteiger charge is -2.10. The number of rotatable bonds is 5. The Kier molecular flexibility index (Phi) is 4.62. The van der Waals surface area contributed by atoms with Crippen molar-refractivity contribution in [1.82, 2.24) is 4.72 Å². The Morgan fingerprint density at radius 1 is 1.47 bits per heavy atom. The summed E-state index contributed by atoms with van der Waals surface area (Å²) >= 11 is 4.86. The molecular formula is C11H16N2O2S2. The Bertz CT molecular complexity index is 510. The summed E-state index contributed by atoms with van der Waals surface area (Å²) in [4.78, 5) is 0.304. The predicted octanol–water partition coefficient (Wildman–Crippen LogP) is 1.15. The SMILES string of the molecule is CC(C)S(=O)(=O)NCc1cccc(C(N)=S)c1. The van der Waals surface area contributed by atoms with Gasteiger partial charge < -0.3 is 5.73 Å². The van der Waals surface area contributed by atoms with Gasteiger partial charge in [-0.2, -0.15) is 0 Å². The molecule has 1 aromatic carbocycles. The molecule has 0 atom stereocenters. The zero-order valence-electron chi connectivity index (χ0n) is 9.80. The Labute approximate surface area is 107 Å². The van der Waals surface area contributed by atoms with E-state index in [-0.39, 0.29) is 6.54 Å². The molecule has 4 nitrogen and oxygen atoms in total. The van der Waals surface area contributed by atoms with E-state index >= 15 is 0 Å². The molecule has 0 fully saturated rings. The van der Waals surface area contributed by atoms with Crippen LogP contribution in [0.1, 0.15) is 25.0 Å². The van der Waals surface area contributed by atoms with Crippen molar-refractivity contribution in [2.75, 3.05) is 0 Å². The van der Waals surface area contributed by atoms with Crippen molar-refractivity contribution in [3.8, 4) is 0 Å². The van der Waals surface area contributed by atoms with E-state index in [2.05, 4.69) is 4.72 Å². The number of thiocarbonyl (C=S) groups is 1. The van der Waals surface area contributed by atoms with Crippen LogP contribution in [0, 0.1) is 0 Å². The molecule has 0 bridgehead atoms. The molecular weight excluding hydrogens is 256 g/mol. The normalized spacial score (nSPS) is 11.7. The van der Waals surface area contributed by atoms with Gasteiger partial charge in [-0.3, -0.25) is 0 Å². The van der Waals surface area contributed by atoms with Crippen LogP contribution in [0.3, 0.4) is 0 Å². The summed E-state index contributed by atoms with van der Waals surface area (Å²) in [6.45, 7) is 3.51. The van der Waals surface area contributed by atoms with Gasteiger partial charge in [0.15, 0.2) is 0 Å². The summed E-state index contributed by atoms with van der Waals surface area (Å²) in [5, 5.41) is -0.443. The highest BCUT2D eigenvalue weighted by Crippen LogP contribution is 2.06. The summed E-state index contributed by atoms with van der Waals surface area (Å²) in [6.07, 6.45) is 0. The molecule has 0 aliphatic carbocycles. The summed E-state index contributed by atoms with van der Waals surface area (Å²) < 4.78 is 25.7. The van der Waals surface area contributed by atoms with Crippen LogP contribution >= 0.6 is 12.2 Å². The van der Waals surface area contributed by atoms with Gasteiger partial charge in [0.2, 0.25) is 10.0 Å². The number of sulfonamides is 1. The third-order valence-corrected chi connectivity index (χ3v) is 4.33. The van der Waals surface area contributed by atoms with Crippen LogP contribution in [0.4, 0.5) is 0 Å². The fourth-order valence-electron chi connectivity index (χ4n) is 1.19. The molecule has 0 saturated carbocycles. The highest BCUT2D eigenvalue weighted by molar-refractivity contribution is 7.90. The number of hydrogen-bond acceptors (Lipinski definition) is 3. The van der Waals surface area contributed by atoms with Gasteiger partial charge in [0.05, 0.1) is 5.25 Å². The molecule has 0 saturated heterocycles. The van der Waals surface area contributed by atoms with E-state index in [0.717, 1.165) is 11.1 Å². The summed E-state index contributed by atoms with van der Waals surface area (Å²) in [5.74, 6) is 0. The third kappa shape index (κ3) is 4.07. The first-order valence-electron chi connectivity index (χ1n) is 5.20. The van der Waals surface area contributed by atoms with Crippen LogP contribution in [0.15, 0.2) is 24.3 Å². The van der Waals surface area contributed by atoms with Crippen molar-refractivity contribution in [3.05, 3.63) is 35.4 Å². The zero-order valence-corrected chi connectivity index (χ0v) is 11.4. The Hall–Kier alpha value is -0.980. The summed E-state index contributed by atoms with van der Waals surface area (Å²) in [6, 6.07) is 7.20. The fraction of sp³-hybridized carbons (Fsp3) is 0.364. The maximum Gasteiger partial charge on any atom is 0.214 e. The van der Waals surface area contributed by atoms with Gasteiger partial charge in [0.25, 0.3) is 0 Å². The van der Waals surface area contributed by atoms with Crippen LogP contribution in [0.2, 0.25) is 0 Å². The van der Waals surface area contributed by atoms with Gasteiger partial charge in [-0.25, -0.2) is 13.1 Å². The summed E-state index contributed by atoms with van der Waals surface area (Å²) in [7, 11) is -3.24. The zero-order chi connectivity index (χ0) is 13.1. The van der Waals surface area contributed by atoms with Crippen molar-refractivity contribution >= 4 is 27.2 Å². The molecule has 17 heavy (non-hydrogen) atoms. The average Bonchev–Trinajstić information content (AvgIpc) is 2.26. The van der Waals surface area contributed by atoms with E-state index in [1.165, 1.54) is 0 Å². The standard InChI is InChI=1S/C11H16N2O2S2/c1-8(2)17(14,15)13-7-9-4-3-5-10(6-9)11(12)16/h3-6,8,13H,7H2,1-2H3,(H2,12,16). The van der Waals surface area contributed by atoms with Crippen LogP contribution < -0.4 is 10.5 Å². The second-order valence-corrected chi connectivity index (χ2v) is 6.74. The number of hydrogen-bond donors (Lipinski definition) is 2. The minimum atomic E-state index is -3.24. The van der Waals surface area contributed by atoms with Gasteiger partial charge in [0, 0.05) is 12.1 Å². The molecule has 0 amide bonds. The van der Waals surface area contributed by atoms with Crippen LogP contribution in [-0.2, 0) is 16.6 Å². The summed E-state index contributed by atoms with van der Waals surface area (Å²) in [5.41, 5.74) is 7.08. The second-order valence-electron chi connectivity index (χ2n) is 3.98. The van der Waals surface area contributed by atoms with Gasteiger partial charge >= 0.3 is 0 Å². The Morgan fingerprint density at radius 3 is 2.65 bits per heavy atom. The van der Waals surface area contributed by atoms with Gasteiger partial charge in [-0.1, -0.05) is 30.4 Å². The molecule has 1 rings (SSSR count). The van der Waals surface area contributed by atoms with Crippen LogP contribution in [0.5, 0.6) is 0 Å². The molecule has 1 aromatic rings. The van der Waals surface area contributed by atoms with Crippen LogP contribution in [0.25, 0.3) is 0 Å². The lowest BCUT2D eigenvalue weighted by molar-refractivity contribution is 0.572. The fourth-order valence-corrected chi connectivity index (χ4v) is 2.01. The van der Waals surface area contributed by atoms with Crippen molar-refractivity contribution < 1.29 is 8.42 Å². The Morgan fingerprint density at radius 2 is 2.12 bits per heavy atom. The van der Waals surface area contributed by atoms with Gasteiger partial charge in [0.1, 0.15) is 4.99 Å². The molecule has 0 radical (unpaired) electrons. The van der Waals surface area contributed by atoms with Crippen molar-refractivity contribution in [1.29, 1.82) is 0 Å². The highest BCUT2D eigenvalue weighted by atomic mass is 32.2. The Balaban J connectivity index is 2.77. The van der Waals surface area contributed by atoms with Gasteiger partial charge in [-0.05, 0) is 25.5 Å². The molecule has 0 heterocycles. The molecule has 94 valence electrons. The van der Waals surface area contributed by atoms with E-state index in [9.17, 15) is 8.42 Å². The lowest BCUT2D eigenvalue weighted by Crippen LogP contribution is -2.30. The number of nitrogens with one attached hydrogen (secondary N) is 1. The first-order chi connectivity index (χ1) is 7.83. The quantitative estimate of drug-likeness (QED) is 0.789. The second kappa shape index (κ2) is 5.57. The monoisotopic (exact) mass is 272 g/mol. The first kappa shape index (κ1) is 14.1. The first-order valence-corrected chi connectivity index (χ1v) is 7.15. The molecule has 0 unspecified atom stereocenters. The highest BCUT2D eigenvalue weighted by Gasteiger charge is 2.14. The van der Waals surface area contributed by atoms with E-state index < -0.39 is 15.3 Å². The molecule has 3 N–H and O–H groups in total. The van der Waals surface area contributed by atoms with E-state index in [1.807, 2.05) is 6.07 Å². The van der Waals surface area contributed by atoms with E-state index in [0.29, 0.717) is 4.99 Å². The smallest absolute Gasteiger partial charge is 0.214 e. The van der Waals surface area contributed by atoms with Crippen molar-refractivity contribution in [2.24, 2.45) is 5.73 Å². The lowest BCUT2D eigenvalue weighted by atomic mass is 10.1. The van der Waals surface area contributed by atoms with E-state index in [4.69, 9.17) is 18.0 Å². The topological polar surface area (TPSA) is 72.2 Å². The van der Waals surface area contributed by atoms with Crippen molar-refractivity contribution in [3.63, 3.8) is 0 Å². The molecule has 0 aliphatic heterocycles. The average molecular weight is 272 g/mol.